The molecule has 0 unspecified atom stereocenters. The van der Waals surface area contributed by atoms with E-state index in [-0.39, 0.29) is 23.3 Å². The third kappa shape index (κ3) is 2.46. The highest BCUT2D eigenvalue weighted by Crippen LogP contribution is 2.23. The van der Waals surface area contributed by atoms with Crippen LogP contribution in [0.5, 0.6) is 5.75 Å². The number of carbonyl (C=O) groups excluding carboxylic acids is 1. The van der Waals surface area contributed by atoms with E-state index in [9.17, 15) is 9.18 Å². The molecule has 0 bridgehead atoms. The number of halogens is 1. The van der Waals surface area contributed by atoms with Crippen molar-refractivity contribution in [1.29, 1.82) is 0 Å². The number of nitrogens with zero attached hydrogens (tertiary/aromatic N) is 1. The minimum absolute atomic E-state index is 0.0223. The maximum Gasteiger partial charge on any atom is 0.260 e. The third-order valence-corrected chi connectivity index (χ3v) is 3.07. The first-order chi connectivity index (χ1) is 8.63. The van der Waals surface area contributed by atoms with E-state index in [1.165, 1.54) is 19.2 Å². The zero-order chi connectivity index (χ0) is 13.1. The van der Waals surface area contributed by atoms with E-state index < -0.39 is 5.82 Å². The van der Waals surface area contributed by atoms with Gasteiger partial charge in [0.05, 0.1) is 7.11 Å². The summed E-state index contributed by atoms with van der Waals surface area (Å²) in [6.07, 6.45) is 0. The first kappa shape index (κ1) is 12.8. The molecule has 1 fully saturated rings. The molecule has 0 spiro atoms. The summed E-state index contributed by atoms with van der Waals surface area (Å²) in [5.41, 5.74) is 0.0223. The highest BCUT2D eigenvalue weighted by molar-refractivity contribution is 5.97. The molecule has 1 N–H and O–H groups in total. The number of methoxy groups -OCH3 is 1. The number of ether oxygens (including phenoxy) is 1. The Morgan fingerprint density at radius 2 is 2.33 bits per heavy atom. The van der Waals surface area contributed by atoms with Crippen molar-refractivity contribution < 1.29 is 13.9 Å². The van der Waals surface area contributed by atoms with E-state index in [1.54, 1.807) is 11.0 Å². The van der Waals surface area contributed by atoms with E-state index in [1.807, 2.05) is 6.92 Å². The molecule has 0 aromatic heterocycles. The molecule has 1 aromatic carbocycles. The number of rotatable bonds is 2. The molecule has 1 aromatic rings. The second-order valence-electron chi connectivity index (χ2n) is 4.42. The third-order valence-electron chi connectivity index (χ3n) is 3.07. The van der Waals surface area contributed by atoms with Crippen molar-refractivity contribution in [3.8, 4) is 5.75 Å². The molecule has 98 valence electrons. The van der Waals surface area contributed by atoms with Gasteiger partial charge in [0.2, 0.25) is 0 Å². The first-order valence-corrected chi connectivity index (χ1v) is 5.98. The summed E-state index contributed by atoms with van der Waals surface area (Å²) in [4.78, 5) is 14.0. The van der Waals surface area contributed by atoms with Crippen LogP contribution in [0.1, 0.15) is 17.3 Å². The van der Waals surface area contributed by atoms with Crippen molar-refractivity contribution in [3.05, 3.63) is 29.6 Å². The Morgan fingerprint density at radius 3 is 3.00 bits per heavy atom. The molecular weight excluding hydrogens is 235 g/mol. The zero-order valence-corrected chi connectivity index (χ0v) is 10.6. The first-order valence-electron chi connectivity index (χ1n) is 5.98. The topological polar surface area (TPSA) is 41.6 Å². The highest BCUT2D eigenvalue weighted by Gasteiger charge is 2.26. The van der Waals surface area contributed by atoms with Gasteiger partial charge < -0.3 is 15.0 Å². The Bertz CT molecular complexity index is 451. The Morgan fingerprint density at radius 1 is 1.56 bits per heavy atom. The SMILES string of the molecule is COc1cccc(F)c1C(=O)N1CCN[C@H](C)C1. The van der Waals surface area contributed by atoms with E-state index in [4.69, 9.17) is 4.74 Å². The molecule has 1 amide bonds. The minimum Gasteiger partial charge on any atom is -0.496 e. The second kappa shape index (κ2) is 5.35. The normalized spacial score (nSPS) is 19.7. The number of benzene rings is 1. The molecule has 5 heteroatoms. The van der Waals surface area contributed by atoms with Crippen LogP contribution >= 0.6 is 0 Å². The summed E-state index contributed by atoms with van der Waals surface area (Å²) >= 11 is 0. The van der Waals surface area contributed by atoms with Gasteiger partial charge in [-0.2, -0.15) is 0 Å². The van der Waals surface area contributed by atoms with Crippen molar-refractivity contribution in [2.45, 2.75) is 13.0 Å². The standard InChI is InChI=1S/C13H17FN2O2/c1-9-8-16(7-6-15-9)13(17)12-10(14)4-3-5-11(12)18-2/h3-5,9,15H,6-8H2,1-2H3/t9-/m1/s1. The van der Waals surface area contributed by atoms with Crippen LogP contribution in [0.3, 0.4) is 0 Å². The van der Waals surface area contributed by atoms with Gasteiger partial charge in [-0.05, 0) is 19.1 Å². The van der Waals surface area contributed by atoms with Gasteiger partial charge in [-0.25, -0.2) is 4.39 Å². The second-order valence-corrected chi connectivity index (χ2v) is 4.42. The fourth-order valence-electron chi connectivity index (χ4n) is 2.16. The lowest BCUT2D eigenvalue weighted by Gasteiger charge is -2.32. The molecule has 0 aliphatic carbocycles. The number of hydrogen-bond donors (Lipinski definition) is 1. The van der Waals surface area contributed by atoms with Gasteiger partial charge >= 0.3 is 0 Å². The molecule has 1 aliphatic heterocycles. The summed E-state index contributed by atoms with van der Waals surface area (Å²) in [5, 5.41) is 3.24. The molecule has 1 heterocycles. The average molecular weight is 252 g/mol. The van der Waals surface area contributed by atoms with Crippen molar-refractivity contribution in [1.82, 2.24) is 10.2 Å². The van der Waals surface area contributed by atoms with E-state index in [0.717, 1.165) is 6.54 Å². The van der Waals surface area contributed by atoms with Crippen LogP contribution in [0.25, 0.3) is 0 Å². The average Bonchev–Trinajstić information content (AvgIpc) is 2.37. The summed E-state index contributed by atoms with van der Waals surface area (Å²) in [6, 6.07) is 4.63. The van der Waals surface area contributed by atoms with Crippen molar-refractivity contribution >= 4 is 5.91 Å². The fourth-order valence-corrected chi connectivity index (χ4v) is 2.16. The minimum atomic E-state index is -0.537. The van der Waals surface area contributed by atoms with Crippen LogP contribution in [0.15, 0.2) is 18.2 Å². The van der Waals surface area contributed by atoms with Gasteiger partial charge in [0.15, 0.2) is 0 Å². The van der Waals surface area contributed by atoms with Crippen LogP contribution in [-0.2, 0) is 0 Å². The molecule has 0 saturated carbocycles. The largest absolute Gasteiger partial charge is 0.496 e. The number of hydrogen-bond acceptors (Lipinski definition) is 3. The van der Waals surface area contributed by atoms with Crippen LogP contribution in [0.2, 0.25) is 0 Å². The van der Waals surface area contributed by atoms with Gasteiger partial charge in [0, 0.05) is 25.7 Å². The molecule has 1 saturated heterocycles. The predicted octanol–water partition coefficient (Wildman–Crippen LogP) is 1.27. The maximum atomic E-state index is 13.8. The lowest BCUT2D eigenvalue weighted by atomic mass is 10.1. The lowest BCUT2D eigenvalue weighted by Crippen LogP contribution is -2.51. The van der Waals surface area contributed by atoms with Gasteiger partial charge in [-0.1, -0.05) is 6.07 Å². The van der Waals surface area contributed by atoms with Crippen LogP contribution in [0, 0.1) is 5.82 Å². The zero-order valence-electron chi connectivity index (χ0n) is 10.6. The van der Waals surface area contributed by atoms with Crippen LogP contribution in [-0.4, -0.2) is 43.6 Å². The fraction of sp³-hybridized carbons (Fsp3) is 0.462. The Kier molecular flexibility index (Phi) is 3.81. The Labute approximate surface area is 106 Å². The van der Waals surface area contributed by atoms with Crippen molar-refractivity contribution in [2.75, 3.05) is 26.7 Å². The molecule has 18 heavy (non-hydrogen) atoms. The number of piperazine rings is 1. The number of amides is 1. The van der Waals surface area contributed by atoms with Crippen molar-refractivity contribution in [3.63, 3.8) is 0 Å². The summed E-state index contributed by atoms with van der Waals surface area (Å²) in [5.74, 6) is -0.560. The number of carbonyl (C=O) groups is 1. The smallest absolute Gasteiger partial charge is 0.260 e. The van der Waals surface area contributed by atoms with Crippen LogP contribution < -0.4 is 10.1 Å². The molecule has 0 radical (unpaired) electrons. The summed E-state index contributed by atoms with van der Waals surface area (Å²) < 4.78 is 18.9. The van der Waals surface area contributed by atoms with Gasteiger partial charge in [0.1, 0.15) is 17.1 Å². The lowest BCUT2D eigenvalue weighted by molar-refractivity contribution is 0.0700. The summed E-state index contributed by atoms with van der Waals surface area (Å²) in [6.45, 7) is 3.89. The van der Waals surface area contributed by atoms with Gasteiger partial charge in [0.25, 0.3) is 5.91 Å². The van der Waals surface area contributed by atoms with E-state index >= 15 is 0 Å². The predicted molar refractivity (Wildman–Crippen MR) is 66.3 cm³/mol. The molecule has 1 aliphatic rings. The molecule has 1 atom stereocenters. The van der Waals surface area contributed by atoms with Crippen molar-refractivity contribution in [2.24, 2.45) is 0 Å². The van der Waals surface area contributed by atoms with E-state index in [0.29, 0.717) is 13.1 Å². The highest BCUT2D eigenvalue weighted by atomic mass is 19.1. The molecular formula is C13H17FN2O2. The van der Waals surface area contributed by atoms with Gasteiger partial charge in [-0.15, -0.1) is 0 Å². The molecule has 2 rings (SSSR count). The van der Waals surface area contributed by atoms with Gasteiger partial charge in [-0.3, -0.25) is 4.79 Å². The Hall–Kier alpha value is -1.62. The quantitative estimate of drug-likeness (QED) is 0.861. The van der Waals surface area contributed by atoms with E-state index in [2.05, 4.69) is 5.32 Å². The molecule has 4 nitrogen and oxygen atoms in total. The maximum absolute atomic E-state index is 13.8. The Balaban J connectivity index is 2.28. The van der Waals surface area contributed by atoms with Crippen LogP contribution in [0.4, 0.5) is 4.39 Å². The number of nitrogens with one attached hydrogen (secondary N) is 1. The monoisotopic (exact) mass is 252 g/mol. The summed E-state index contributed by atoms with van der Waals surface area (Å²) in [7, 11) is 1.44.